The zero-order valence-electron chi connectivity index (χ0n) is 15.6. The highest BCUT2D eigenvalue weighted by atomic mass is 35.5. The van der Waals surface area contributed by atoms with Crippen molar-refractivity contribution in [3.63, 3.8) is 0 Å². The van der Waals surface area contributed by atoms with E-state index in [2.05, 4.69) is 10.00 Å². The lowest BCUT2D eigenvalue weighted by Gasteiger charge is -2.34. The highest BCUT2D eigenvalue weighted by Gasteiger charge is 2.26. The summed E-state index contributed by atoms with van der Waals surface area (Å²) in [5, 5.41) is 5.91. The van der Waals surface area contributed by atoms with Crippen molar-refractivity contribution in [1.82, 2.24) is 19.6 Å². The van der Waals surface area contributed by atoms with Crippen LogP contribution in [0.5, 0.6) is 0 Å². The van der Waals surface area contributed by atoms with Gasteiger partial charge in [0.2, 0.25) is 0 Å². The van der Waals surface area contributed by atoms with Crippen LogP contribution in [0.4, 0.5) is 0 Å². The number of benzene rings is 2. The number of aromatic nitrogens is 2. The summed E-state index contributed by atoms with van der Waals surface area (Å²) in [6.45, 7) is 2.83. The Labute approximate surface area is 168 Å². The maximum atomic E-state index is 13.0. The number of nitrogens with zero attached hydrogens (tertiary/aromatic N) is 4. The summed E-state index contributed by atoms with van der Waals surface area (Å²) in [7, 11) is 1.85. The molecule has 1 aromatic heterocycles. The third-order valence-electron chi connectivity index (χ3n) is 5.15. The first-order valence-corrected chi connectivity index (χ1v) is 9.63. The second-order valence-corrected chi connectivity index (χ2v) is 7.42. The van der Waals surface area contributed by atoms with Crippen LogP contribution in [0.25, 0.3) is 10.9 Å². The van der Waals surface area contributed by atoms with Gasteiger partial charge in [0.15, 0.2) is 11.5 Å². The van der Waals surface area contributed by atoms with Crippen LogP contribution in [0.3, 0.4) is 0 Å². The zero-order chi connectivity index (χ0) is 19.7. The van der Waals surface area contributed by atoms with Gasteiger partial charge in [0, 0.05) is 49.2 Å². The molecule has 0 N–H and O–H groups in total. The van der Waals surface area contributed by atoms with Crippen molar-refractivity contribution in [3.8, 4) is 0 Å². The van der Waals surface area contributed by atoms with E-state index in [0.29, 0.717) is 49.0 Å². The van der Waals surface area contributed by atoms with Crippen LogP contribution in [0, 0.1) is 0 Å². The van der Waals surface area contributed by atoms with Gasteiger partial charge in [0.05, 0.1) is 12.1 Å². The van der Waals surface area contributed by atoms with Crippen LogP contribution >= 0.6 is 11.6 Å². The van der Waals surface area contributed by atoms with Gasteiger partial charge in [-0.05, 0) is 30.3 Å². The molecule has 1 aliphatic rings. The molecule has 0 spiro atoms. The Hall–Kier alpha value is -2.70. The van der Waals surface area contributed by atoms with E-state index in [0.717, 1.165) is 10.9 Å². The Balaban J connectivity index is 1.39. The molecule has 6 nitrogen and oxygen atoms in total. The molecular formula is C21H21ClN4O2. The highest BCUT2D eigenvalue weighted by Crippen LogP contribution is 2.20. The van der Waals surface area contributed by atoms with Gasteiger partial charge in [0.1, 0.15) is 0 Å². The Kier molecular flexibility index (Phi) is 5.15. The molecule has 28 heavy (non-hydrogen) atoms. The number of carbonyl (C=O) groups excluding carboxylic acids is 2. The van der Waals surface area contributed by atoms with E-state index in [1.54, 1.807) is 28.9 Å². The van der Waals surface area contributed by atoms with Gasteiger partial charge in [-0.25, -0.2) is 0 Å². The minimum atomic E-state index is -0.0551. The maximum absolute atomic E-state index is 13.0. The highest BCUT2D eigenvalue weighted by molar-refractivity contribution is 6.30. The third kappa shape index (κ3) is 3.66. The molecule has 2 aromatic carbocycles. The van der Waals surface area contributed by atoms with Crippen LogP contribution in [-0.2, 0) is 7.05 Å². The summed E-state index contributed by atoms with van der Waals surface area (Å²) in [5.74, 6) is 0.00708. The molecule has 2 heterocycles. The fourth-order valence-electron chi connectivity index (χ4n) is 3.56. The third-order valence-corrected chi connectivity index (χ3v) is 5.41. The fourth-order valence-corrected chi connectivity index (χ4v) is 3.69. The van der Waals surface area contributed by atoms with Crippen molar-refractivity contribution in [1.29, 1.82) is 0 Å². The molecule has 144 valence electrons. The molecule has 0 aliphatic carbocycles. The number of carbonyl (C=O) groups is 2. The summed E-state index contributed by atoms with van der Waals surface area (Å²) < 4.78 is 1.74. The average molecular weight is 397 g/mol. The van der Waals surface area contributed by atoms with E-state index in [4.69, 9.17) is 11.6 Å². The van der Waals surface area contributed by atoms with Gasteiger partial charge in [-0.15, -0.1) is 0 Å². The summed E-state index contributed by atoms with van der Waals surface area (Å²) >= 11 is 5.88. The molecule has 3 aromatic rings. The minimum absolute atomic E-state index is 0.0551. The summed E-state index contributed by atoms with van der Waals surface area (Å²) in [6, 6.07) is 14.7. The Morgan fingerprint density at radius 3 is 2.39 bits per heavy atom. The SMILES string of the molecule is Cn1nc(C(=O)N2CCN(CC(=O)c3ccc(Cl)cc3)CC2)c2ccccc21. The van der Waals surface area contributed by atoms with Crippen LogP contribution in [0.2, 0.25) is 5.02 Å². The smallest absolute Gasteiger partial charge is 0.275 e. The quantitative estimate of drug-likeness (QED) is 0.636. The molecule has 1 saturated heterocycles. The van der Waals surface area contributed by atoms with Crippen molar-refractivity contribution in [2.45, 2.75) is 0 Å². The largest absolute Gasteiger partial charge is 0.335 e. The molecule has 0 bridgehead atoms. The van der Waals surface area contributed by atoms with Gasteiger partial charge < -0.3 is 4.90 Å². The number of hydrogen-bond donors (Lipinski definition) is 0. The van der Waals surface area contributed by atoms with Gasteiger partial charge in [-0.3, -0.25) is 19.2 Å². The second kappa shape index (κ2) is 7.73. The Morgan fingerprint density at radius 2 is 1.68 bits per heavy atom. The number of Topliss-reactive ketones (excluding diaryl/α,β-unsaturated/α-hetero) is 1. The Bertz CT molecular complexity index is 1020. The van der Waals surface area contributed by atoms with Crippen molar-refractivity contribution >= 4 is 34.2 Å². The molecular weight excluding hydrogens is 376 g/mol. The molecule has 1 amide bonds. The lowest BCUT2D eigenvalue weighted by atomic mass is 10.1. The monoisotopic (exact) mass is 396 g/mol. The normalized spacial score (nSPS) is 15.1. The maximum Gasteiger partial charge on any atom is 0.275 e. The summed E-state index contributed by atoms with van der Waals surface area (Å²) in [5.41, 5.74) is 2.09. The van der Waals surface area contributed by atoms with Crippen LogP contribution < -0.4 is 0 Å². The number of halogens is 1. The zero-order valence-corrected chi connectivity index (χ0v) is 16.4. The standard InChI is InChI=1S/C21H21ClN4O2/c1-24-18-5-3-2-4-17(18)20(23-24)21(28)26-12-10-25(11-13-26)14-19(27)15-6-8-16(22)9-7-15/h2-9H,10-14H2,1H3. The lowest BCUT2D eigenvalue weighted by Crippen LogP contribution is -2.50. The predicted molar refractivity (Wildman–Crippen MR) is 109 cm³/mol. The second-order valence-electron chi connectivity index (χ2n) is 6.99. The summed E-state index contributed by atoms with van der Waals surface area (Å²) in [6.07, 6.45) is 0. The molecule has 0 atom stereocenters. The number of piperazine rings is 1. The number of fused-ring (bicyclic) bond motifs is 1. The Morgan fingerprint density at radius 1 is 1.00 bits per heavy atom. The molecule has 4 rings (SSSR count). The lowest BCUT2D eigenvalue weighted by molar-refractivity contribution is 0.0620. The molecule has 1 aliphatic heterocycles. The van der Waals surface area contributed by atoms with Gasteiger partial charge in [-0.1, -0.05) is 29.8 Å². The molecule has 0 unspecified atom stereocenters. The number of ketones is 1. The van der Waals surface area contributed by atoms with Crippen molar-refractivity contribution < 1.29 is 9.59 Å². The first-order chi connectivity index (χ1) is 13.5. The summed E-state index contributed by atoms with van der Waals surface area (Å²) in [4.78, 5) is 29.3. The van der Waals surface area contributed by atoms with Crippen molar-refractivity contribution in [2.24, 2.45) is 7.05 Å². The van der Waals surface area contributed by atoms with Crippen LogP contribution in [0.1, 0.15) is 20.8 Å². The number of hydrogen-bond acceptors (Lipinski definition) is 4. The number of aryl methyl sites for hydroxylation is 1. The van der Waals surface area contributed by atoms with E-state index in [9.17, 15) is 9.59 Å². The average Bonchev–Trinajstić information content (AvgIpc) is 3.05. The molecule has 7 heteroatoms. The van der Waals surface area contributed by atoms with E-state index in [1.807, 2.05) is 36.2 Å². The number of rotatable bonds is 4. The van der Waals surface area contributed by atoms with Crippen molar-refractivity contribution in [2.75, 3.05) is 32.7 Å². The van der Waals surface area contributed by atoms with E-state index < -0.39 is 0 Å². The van der Waals surface area contributed by atoms with Crippen LogP contribution in [-0.4, -0.2) is 64.0 Å². The molecule has 1 fully saturated rings. The van der Waals surface area contributed by atoms with Gasteiger partial charge in [0.25, 0.3) is 5.91 Å². The van der Waals surface area contributed by atoms with E-state index >= 15 is 0 Å². The van der Waals surface area contributed by atoms with E-state index in [-0.39, 0.29) is 11.7 Å². The van der Waals surface area contributed by atoms with Gasteiger partial charge in [-0.2, -0.15) is 5.10 Å². The molecule has 0 radical (unpaired) electrons. The van der Waals surface area contributed by atoms with Crippen molar-refractivity contribution in [3.05, 3.63) is 64.8 Å². The van der Waals surface area contributed by atoms with Crippen LogP contribution in [0.15, 0.2) is 48.5 Å². The first kappa shape index (κ1) is 18.7. The van der Waals surface area contributed by atoms with E-state index in [1.165, 1.54) is 0 Å². The minimum Gasteiger partial charge on any atom is -0.335 e. The predicted octanol–water partition coefficient (Wildman–Crippen LogP) is 2.87. The topological polar surface area (TPSA) is 58.4 Å². The first-order valence-electron chi connectivity index (χ1n) is 9.25. The number of para-hydroxylation sites is 1. The number of amides is 1. The molecule has 0 saturated carbocycles. The fraction of sp³-hybridized carbons (Fsp3) is 0.286. The van der Waals surface area contributed by atoms with Gasteiger partial charge >= 0.3 is 0 Å².